The molecule has 1 aliphatic rings. The summed E-state index contributed by atoms with van der Waals surface area (Å²) in [6.45, 7) is -0.428. The Balaban J connectivity index is 2.35. The molecule has 0 spiro atoms. The van der Waals surface area contributed by atoms with E-state index in [1.165, 1.54) is 25.6 Å². The van der Waals surface area contributed by atoms with Crippen molar-refractivity contribution in [3.05, 3.63) is 29.6 Å². The van der Waals surface area contributed by atoms with E-state index in [4.69, 9.17) is 9.84 Å². The fraction of sp³-hybridized carbons (Fsp3) is 0.500. The number of aliphatic hydroxyl groups is 3. The van der Waals surface area contributed by atoms with Crippen molar-refractivity contribution in [2.45, 2.75) is 24.4 Å². The molecule has 1 fully saturated rings. The van der Waals surface area contributed by atoms with Gasteiger partial charge in [0.15, 0.2) is 0 Å². The minimum atomic E-state index is -1.25. The van der Waals surface area contributed by atoms with Crippen LogP contribution in [0.2, 0.25) is 0 Å². The average Bonchev–Trinajstić information content (AvgIpc) is 2.74. The molecule has 2 rings (SSSR count). The highest BCUT2D eigenvalue weighted by molar-refractivity contribution is 5.91. The highest BCUT2D eigenvalue weighted by Crippen LogP contribution is 2.34. The molecule has 3 N–H and O–H groups in total. The number of methoxy groups -OCH3 is 1. The zero-order valence-corrected chi connectivity index (χ0v) is 10.3. The molecule has 4 atom stereocenters. The number of aliphatic hydroxyl groups excluding tert-OH is 3. The summed E-state index contributed by atoms with van der Waals surface area (Å²) in [6, 6.07) is 1.44. The molecule has 1 saturated heterocycles. The molecule has 0 unspecified atom stereocenters. The van der Waals surface area contributed by atoms with Gasteiger partial charge in [0.05, 0.1) is 19.3 Å². The molecule has 0 aliphatic carbocycles. The number of nitrogens with zero attached hydrogens (tertiary/aromatic N) is 1. The second-order valence-electron chi connectivity index (χ2n) is 4.21. The largest absolute Gasteiger partial charge is 0.465 e. The molecule has 0 amide bonds. The van der Waals surface area contributed by atoms with E-state index in [0.717, 1.165) is 0 Å². The van der Waals surface area contributed by atoms with E-state index in [2.05, 4.69) is 9.72 Å². The first-order valence-corrected chi connectivity index (χ1v) is 5.74. The molecular formula is C12H15NO6. The maximum atomic E-state index is 11.6. The van der Waals surface area contributed by atoms with Crippen LogP contribution in [0.25, 0.3) is 0 Å². The van der Waals surface area contributed by atoms with Gasteiger partial charge < -0.3 is 24.8 Å². The van der Waals surface area contributed by atoms with Crippen LogP contribution in [0.15, 0.2) is 18.5 Å². The third-order valence-corrected chi connectivity index (χ3v) is 3.11. The van der Waals surface area contributed by atoms with Gasteiger partial charge in [-0.3, -0.25) is 4.98 Å². The molecule has 0 saturated carbocycles. The van der Waals surface area contributed by atoms with Gasteiger partial charge in [0, 0.05) is 18.0 Å². The van der Waals surface area contributed by atoms with Crippen molar-refractivity contribution >= 4 is 5.97 Å². The second kappa shape index (κ2) is 5.62. The van der Waals surface area contributed by atoms with Gasteiger partial charge in [0.2, 0.25) is 0 Å². The van der Waals surface area contributed by atoms with Crippen LogP contribution < -0.4 is 0 Å². The summed E-state index contributed by atoms with van der Waals surface area (Å²) in [7, 11) is 1.24. The third kappa shape index (κ3) is 2.45. The molecule has 1 aromatic heterocycles. The number of ether oxygens (including phenoxy) is 2. The van der Waals surface area contributed by atoms with Crippen molar-refractivity contribution < 1.29 is 29.6 Å². The average molecular weight is 269 g/mol. The quantitative estimate of drug-likeness (QED) is 0.605. The number of hydrogen-bond acceptors (Lipinski definition) is 7. The first kappa shape index (κ1) is 13.9. The summed E-state index contributed by atoms with van der Waals surface area (Å²) in [4.78, 5) is 15.5. The molecule has 7 nitrogen and oxygen atoms in total. The SMILES string of the molecule is COC(=O)c1ccncc1[C@@H]1O[C@H](CO)[C@@H](O)[C@H]1O. The maximum absolute atomic E-state index is 11.6. The molecule has 0 radical (unpaired) electrons. The topological polar surface area (TPSA) is 109 Å². The number of hydrogen-bond donors (Lipinski definition) is 3. The van der Waals surface area contributed by atoms with Crippen LogP contribution >= 0.6 is 0 Å². The Morgan fingerprint density at radius 1 is 1.47 bits per heavy atom. The van der Waals surface area contributed by atoms with E-state index in [0.29, 0.717) is 5.56 Å². The van der Waals surface area contributed by atoms with Crippen LogP contribution in [0.1, 0.15) is 22.0 Å². The zero-order valence-electron chi connectivity index (χ0n) is 10.3. The molecule has 19 heavy (non-hydrogen) atoms. The van der Waals surface area contributed by atoms with Crippen LogP contribution in [-0.2, 0) is 9.47 Å². The molecule has 0 aromatic carbocycles. The van der Waals surface area contributed by atoms with Crippen molar-refractivity contribution in [1.29, 1.82) is 0 Å². The number of pyridine rings is 1. The van der Waals surface area contributed by atoms with Gasteiger partial charge in [0.25, 0.3) is 0 Å². The van der Waals surface area contributed by atoms with Gasteiger partial charge in [-0.1, -0.05) is 0 Å². The molecule has 1 aliphatic heterocycles. The lowest BCUT2D eigenvalue weighted by Gasteiger charge is -2.17. The predicted octanol–water partition coefficient (Wildman–Crippen LogP) is -0.978. The normalized spacial score (nSPS) is 30.3. The molecular weight excluding hydrogens is 254 g/mol. The molecule has 2 heterocycles. The van der Waals surface area contributed by atoms with Crippen molar-refractivity contribution in [2.24, 2.45) is 0 Å². The van der Waals surface area contributed by atoms with E-state index in [1.807, 2.05) is 0 Å². The minimum Gasteiger partial charge on any atom is -0.465 e. The van der Waals surface area contributed by atoms with Gasteiger partial charge in [-0.15, -0.1) is 0 Å². The van der Waals surface area contributed by atoms with Gasteiger partial charge in [-0.25, -0.2) is 4.79 Å². The molecule has 0 bridgehead atoms. The van der Waals surface area contributed by atoms with Crippen LogP contribution in [0, 0.1) is 0 Å². The van der Waals surface area contributed by atoms with E-state index >= 15 is 0 Å². The Bertz CT molecular complexity index is 465. The smallest absolute Gasteiger partial charge is 0.338 e. The van der Waals surface area contributed by atoms with Gasteiger partial charge in [-0.2, -0.15) is 0 Å². The Labute approximate surface area is 109 Å². The number of carbonyl (C=O) groups is 1. The Morgan fingerprint density at radius 2 is 2.21 bits per heavy atom. The van der Waals surface area contributed by atoms with Gasteiger partial charge >= 0.3 is 5.97 Å². The molecule has 104 valence electrons. The van der Waals surface area contributed by atoms with E-state index < -0.39 is 37.0 Å². The highest BCUT2D eigenvalue weighted by atomic mass is 16.6. The summed E-state index contributed by atoms with van der Waals surface area (Å²) < 4.78 is 9.99. The lowest BCUT2D eigenvalue weighted by Crippen LogP contribution is -2.32. The van der Waals surface area contributed by atoms with Crippen LogP contribution in [0.5, 0.6) is 0 Å². The van der Waals surface area contributed by atoms with Crippen molar-refractivity contribution in [3.63, 3.8) is 0 Å². The number of carbonyl (C=O) groups excluding carboxylic acids is 1. The first-order chi connectivity index (χ1) is 9.10. The Morgan fingerprint density at radius 3 is 2.79 bits per heavy atom. The third-order valence-electron chi connectivity index (χ3n) is 3.11. The molecule has 1 aromatic rings. The monoisotopic (exact) mass is 269 g/mol. The van der Waals surface area contributed by atoms with Crippen molar-refractivity contribution in [3.8, 4) is 0 Å². The van der Waals surface area contributed by atoms with E-state index in [9.17, 15) is 15.0 Å². The Kier molecular flexibility index (Phi) is 4.11. The lowest BCUT2D eigenvalue weighted by molar-refractivity contribution is -0.0231. The lowest BCUT2D eigenvalue weighted by atomic mass is 9.99. The summed E-state index contributed by atoms with van der Waals surface area (Å²) >= 11 is 0. The van der Waals surface area contributed by atoms with E-state index in [1.54, 1.807) is 0 Å². The predicted molar refractivity (Wildman–Crippen MR) is 62.3 cm³/mol. The fourth-order valence-electron chi connectivity index (χ4n) is 2.09. The summed E-state index contributed by atoms with van der Waals surface area (Å²) in [6.07, 6.45) is -1.52. The first-order valence-electron chi connectivity index (χ1n) is 5.74. The molecule has 7 heteroatoms. The zero-order chi connectivity index (χ0) is 14.0. The van der Waals surface area contributed by atoms with Crippen LogP contribution in [0.3, 0.4) is 0 Å². The maximum Gasteiger partial charge on any atom is 0.338 e. The Hall–Kier alpha value is -1.54. The van der Waals surface area contributed by atoms with Gasteiger partial charge in [-0.05, 0) is 6.07 Å². The van der Waals surface area contributed by atoms with Gasteiger partial charge in [0.1, 0.15) is 24.4 Å². The number of aromatic nitrogens is 1. The highest BCUT2D eigenvalue weighted by Gasteiger charge is 2.44. The standard InChI is InChI=1S/C12H15NO6/c1-18-12(17)6-2-3-13-4-7(6)11-10(16)9(15)8(5-14)19-11/h2-4,8-11,14-16H,5H2,1H3/t8-,9-,10-,11+/m1/s1. The van der Waals surface area contributed by atoms with Crippen LogP contribution in [0.4, 0.5) is 0 Å². The second-order valence-corrected chi connectivity index (χ2v) is 4.21. The van der Waals surface area contributed by atoms with Crippen LogP contribution in [-0.4, -0.2) is 58.3 Å². The summed E-state index contributed by atoms with van der Waals surface area (Å²) in [5.74, 6) is -0.588. The van der Waals surface area contributed by atoms with Crippen molar-refractivity contribution in [2.75, 3.05) is 13.7 Å². The summed E-state index contributed by atoms with van der Waals surface area (Å²) in [5.41, 5.74) is 0.518. The minimum absolute atomic E-state index is 0.201. The van der Waals surface area contributed by atoms with E-state index in [-0.39, 0.29) is 5.56 Å². The van der Waals surface area contributed by atoms with Crippen molar-refractivity contribution in [1.82, 2.24) is 4.98 Å². The fourth-order valence-corrected chi connectivity index (χ4v) is 2.09. The number of esters is 1. The summed E-state index contributed by atoms with van der Waals surface area (Å²) in [5, 5.41) is 28.7. The number of rotatable bonds is 3.